The number of nitrogens with one attached hydrogen (secondary N) is 1. The van der Waals surface area contributed by atoms with Crippen molar-refractivity contribution in [2.24, 2.45) is 7.05 Å². The summed E-state index contributed by atoms with van der Waals surface area (Å²) in [6, 6.07) is 0. The Bertz CT molecular complexity index is 835. The molecule has 1 N–H and O–H groups in total. The smallest absolute Gasteiger partial charge is 0.246 e. The van der Waals surface area contributed by atoms with Gasteiger partial charge in [0.15, 0.2) is 0 Å². The lowest BCUT2D eigenvalue weighted by atomic mass is 10.2. The summed E-state index contributed by atoms with van der Waals surface area (Å²) >= 11 is 0. The lowest BCUT2D eigenvalue weighted by Gasteiger charge is -2.32. The summed E-state index contributed by atoms with van der Waals surface area (Å²) in [4.78, 5) is 8.72. The molecule has 1 aliphatic heterocycles. The van der Waals surface area contributed by atoms with Crippen molar-refractivity contribution in [3.8, 4) is 0 Å². The molecule has 1 saturated heterocycles. The van der Waals surface area contributed by atoms with Crippen molar-refractivity contribution in [3.05, 3.63) is 30.0 Å². The first kappa shape index (κ1) is 16.8. The average molecular weight is 352 g/mol. The molecule has 130 valence electrons. The second-order valence-electron chi connectivity index (χ2n) is 5.52. The first-order chi connectivity index (χ1) is 11.4. The molecule has 1 aliphatic rings. The maximum atomic E-state index is 12.9. The number of anilines is 1. The fourth-order valence-corrected chi connectivity index (χ4v) is 4.38. The van der Waals surface area contributed by atoms with E-state index in [1.54, 1.807) is 33.4 Å². The van der Waals surface area contributed by atoms with Crippen molar-refractivity contribution in [1.82, 2.24) is 24.1 Å². The molecule has 9 nitrogen and oxygen atoms in total. The van der Waals surface area contributed by atoms with E-state index < -0.39 is 16.1 Å². The molecule has 2 aromatic rings. The summed E-state index contributed by atoms with van der Waals surface area (Å²) in [5.41, 5.74) is 1.08. The first-order valence-corrected chi connectivity index (χ1v) is 8.98. The summed E-state index contributed by atoms with van der Waals surface area (Å²) < 4.78 is 34.5. The minimum Gasteiger partial charge on any atom is -0.372 e. The largest absolute Gasteiger partial charge is 0.372 e. The van der Waals surface area contributed by atoms with Crippen molar-refractivity contribution in [2.75, 3.05) is 32.1 Å². The van der Waals surface area contributed by atoms with Crippen LogP contribution in [0.25, 0.3) is 0 Å². The molecule has 0 aromatic carbocycles. The lowest BCUT2D eigenvalue weighted by molar-refractivity contribution is -0.00469. The third-order valence-electron chi connectivity index (χ3n) is 3.88. The van der Waals surface area contributed by atoms with Gasteiger partial charge < -0.3 is 10.1 Å². The molecule has 0 radical (unpaired) electrons. The summed E-state index contributed by atoms with van der Waals surface area (Å²) in [7, 11) is -0.190. The van der Waals surface area contributed by atoms with E-state index in [-0.39, 0.29) is 11.4 Å². The van der Waals surface area contributed by atoms with Gasteiger partial charge >= 0.3 is 0 Å². The van der Waals surface area contributed by atoms with E-state index in [4.69, 9.17) is 4.74 Å². The molecule has 1 atom stereocenters. The molecule has 0 bridgehead atoms. The van der Waals surface area contributed by atoms with Crippen LogP contribution in [0.15, 0.2) is 23.5 Å². The van der Waals surface area contributed by atoms with Crippen LogP contribution in [-0.2, 0) is 21.8 Å². The fraction of sp³-hybridized carbons (Fsp3) is 0.500. The van der Waals surface area contributed by atoms with Crippen LogP contribution in [0.1, 0.15) is 17.5 Å². The Balaban J connectivity index is 1.89. The van der Waals surface area contributed by atoms with E-state index in [0.29, 0.717) is 30.4 Å². The minimum absolute atomic E-state index is 0.185. The Hall–Kier alpha value is -2.04. The Kier molecular flexibility index (Phi) is 4.52. The van der Waals surface area contributed by atoms with Crippen molar-refractivity contribution in [2.45, 2.75) is 17.9 Å². The zero-order chi connectivity index (χ0) is 17.3. The summed E-state index contributed by atoms with van der Waals surface area (Å²) in [6.07, 6.45) is 4.20. The molecule has 10 heteroatoms. The zero-order valence-corrected chi connectivity index (χ0v) is 14.6. The lowest BCUT2D eigenvalue weighted by Crippen LogP contribution is -2.42. The molecule has 1 fully saturated rings. The van der Waals surface area contributed by atoms with Gasteiger partial charge in [-0.15, -0.1) is 0 Å². The zero-order valence-electron chi connectivity index (χ0n) is 13.8. The summed E-state index contributed by atoms with van der Waals surface area (Å²) in [6.45, 7) is 2.46. The Morgan fingerprint density at radius 3 is 2.75 bits per heavy atom. The highest BCUT2D eigenvalue weighted by Gasteiger charge is 2.34. The fourth-order valence-electron chi connectivity index (χ4n) is 2.76. The van der Waals surface area contributed by atoms with E-state index in [1.165, 1.54) is 15.2 Å². The first-order valence-electron chi connectivity index (χ1n) is 7.54. The number of ether oxygens (including phenoxy) is 1. The highest BCUT2D eigenvalue weighted by atomic mass is 32.2. The number of hydrogen-bond donors (Lipinski definition) is 1. The molecule has 24 heavy (non-hydrogen) atoms. The topological polar surface area (TPSA) is 102 Å². The molecule has 2 aromatic heterocycles. The van der Waals surface area contributed by atoms with Gasteiger partial charge in [-0.25, -0.2) is 13.4 Å². The van der Waals surface area contributed by atoms with Crippen molar-refractivity contribution < 1.29 is 13.2 Å². The van der Waals surface area contributed by atoms with Crippen molar-refractivity contribution in [3.63, 3.8) is 0 Å². The molecule has 0 unspecified atom stereocenters. The van der Waals surface area contributed by atoms with E-state index in [2.05, 4.69) is 20.4 Å². The van der Waals surface area contributed by atoms with E-state index >= 15 is 0 Å². The number of aryl methyl sites for hydroxylation is 2. The minimum atomic E-state index is -3.63. The molecule has 0 saturated carbocycles. The molecule has 0 spiro atoms. The van der Waals surface area contributed by atoms with Gasteiger partial charge in [0.2, 0.25) is 10.0 Å². The number of nitrogens with zero attached hydrogens (tertiary/aromatic N) is 5. The van der Waals surface area contributed by atoms with Crippen molar-refractivity contribution in [1.29, 1.82) is 0 Å². The second-order valence-corrected chi connectivity index (χ2v) is 7.42. The summed E-state index contributed by atoms with van der Waals surface area (Å²) in [5, 5.41) is 7.08. The molecule has 3 heterocycles. The van der Waals surface area contributed by atoms with E-state index in [0.717, 1.165) is 0 Å². The average Bonchev–Trinajstić information content (AvgIpc) is 2.94. The highest BCUT2D eigenvalue weighted by molar-refractivity contribution is 7.89. The van der Waals surface area contributed by atoms with Crippen molar-refractivity contribution >= 4 is 15.8 Å². The van der Waals surface area contributed by atoms with Crippen LogP contribution in [0.4, 0.5) is 5.82 Å². The molecule has 0 aliphatic carbocycles. The number of hydrogen-bond acceptors (Lipinski definition) is 7. The van der Waals surface area contributed by atoms with Crippen LogP contribution in [0.5, 0.6) is 0 Å². The quantitative estimate of drug-likeness (QED) is 0.845. The summed E-state index contributed by atoms with van der Waals surface area (Å²) in [5.74, 6) is 0.583. The van der Waals surface area contributed by atoms with Gasteiger partial charge in [0.05, 0.1) is 12.3 Å². The van der Waals surface area contributed by atoms with Crippen LogP contribution >= 0.6 is 0 Å². The van der Waals surface area contributed by atoms with Gasteiger partial charge in [-0.3, -0.25) is 9.67 Å². The number of rotatable bonds is 4. The maximum Gasteiger partial charge on any atom is 0.246 e. The molecular formula is C14H20N6O3S. The van der Waals surface area contributed by atoms with Gasteiger partial charge in [-0.1, -0.05) is 0 Å². The van der Waals surface area contributed by atoms with Crippen LogP contribution in [-0.4, -0.2) is 59.2 Å². The second kappa shape index (κ2) is 6.46. The molecule has 0 amide bonds. The molecule has 3 rings (SSSR count). The third kappa shape index (κ3) is 2.99. The van der Waals surface area contributed by atoms with Gasteiger partial charge in [0.1, 0.15) is 22.5 Å². The van der Waals surface area contributed by atoms with Gasteiger partial charge in [-0.2, -0.15) is 9.40 Å². The maximum absolute atomic E-state index is 12.9. The van der Waals surface area contributed by atoms with Crippen LogP contribution in [0, 0.1) is 6.92 Å². The number of morpholine rings is 1. The predicted octanol–water partition coefficient (Wildman–Crippen LogP) is 0.322. The van der Waals surface area contributed by atoms with Crippen LogP contribution in [0.2, 0.25) is 0 Å². The number of sulfonamides is 1. The number of aromatic nitrogens is 4. The van der Waals surface area contributed by atoms with E-state index in [9.17, 15) is 8.42 Å². The normalized spacial score (nSPS) is 19.4. The van der Waals surface area contributed by atoms with Gasteiger partial charge in [0.25, 0.3) is 0 Å². The third-order valence-corrected chi connectivity index (χ3v) is 5.85. The Morgan fingerprint density at radius 2 is 2.08 bits per heavy atom. The van der Waals surface area contributed by atoms with E-state index in [1.807, 2.05) is 0 Å². The monoisotopic (exact) mass is 352 g/mol. The van der Waals surface area contributed by atoms with Crippen LogP contribution in [0.3, 0.4) is 0 Å². The Morgan fingerprint density at radius 1 is 1.33 bits per heavy atom. The SMILES string of the molecule is CNc1nccnc1[C@H]1CN(S(=O)(=O)c2cn(C)nc2C)CCO1. The molecular weight excluding hydrogens is 332 g/mol. The standard InChI is InChI=1S/C14H20N6O3S/c1-10-12(9-19(3)18-10)24(21,22)20-6-7-23-11(8-20)13-14(15-2)17-5-4-16-13/h4-5,9,11H,6-8H2,1-3H3,(H,15,17)/t11-/m1/s1. The Labute approximate surface area is 140 Å². The van der Waals surface area contributed by atoms with Crippen LogP contribution < -0.4 is 5.32 Å². The van der Waals surface area contributed by atoms with Gasteiger partial charge in [0, 0.05) is 45.8 Å². The van der Waals surface area contributed by atoms with Gasteiger partial charge in [-0.05, 0) is 6.92 Å². The highest BCUT2D eigenvalue weighted by Crippen LogP contribution is 2.28. The predicted molar refractivity (Wildman–Crippen MR) is 87.0 cm³/mol.